The summed E-state index contributed by atoms with van der Waals surface area (Å²) in [5.41, 5.74) is 0.424. The van der Waals surface area contributed by atoms with Gasteiger partial charge in [-0.3, -0.25) is 4.79 Å². The molecule has 1 aromatic rings. The Balaban J connectivity index is 2.44. The van der Waals surface area contributed by atoms with Gasteiger partial charge in [0.25, 0.3) is 0 Å². The van der Waals surface area contributed by atoms with Crippen LogP contribution in [0.25, 0.3) is 0 Å². The normalized spacial score (nSPS) is 19.1. The summed E-state index contributed by atoms with van der Waals surface area (Å²) in [6, 6.07) is 3.23. The summed E-state index contributed by atoms with van der Waals surface area (Å²) in [6.07, 6.45) is 1.05. The van der Waals surface area contributed by atoms with E-state index >= 15 is 0 Å². The maximum Gasteiger partial charge on any atom is 0.335 e. The Bertz CT molecular complexity index is 714. The molecule has 1 unspecified atom stereocenters. The minimum atomic E-state index is -3.91. The molecule has 1 atom stereocenters. The van der Waals surface area contributed by atoms with Crippen LogP contribution in [-0.2, 0) is 14.8 Å². The summed E-state index contributed by atoms with van der Waals surface area (Å²) in [5, 5.41) is 11.6. The summed E-state index contributed by atoms with van der Waals surface area (Å²) in [7, 11) is -2.45. The molecular formula is C14H18N2O5S. The highest BCUT2D eigenvalue weighted by Crippen LogP contribution is 2.27. The Morgan fingerprint density at radius 3 is 2.64 bits per heavy atom. The fourth-order valence-electron chi connectivity index (χ4n) is 2.58. The molecule has 0 aromatic heterocycles. The molecule has 1 amide bonds. The Labute approximate surface area is 129 Å². The average molecular weight is 326 g/mol. The van der Waals surface area contributed by atoms with Crippen molar-refractivity contribution in [1.29, 1.82) is 0 Å². The first-order chi connectivity index (χ1) is 10.3. The molecule has 1 saturated heterocycles. The number of carboxylic acid groups (broad SMARTS) is 1. The fourth-order valence-corrected chi connectivity index (χ4v) is 4.27. The number of amides is 1. The van der Waals surface area contributed by atoms with Crippen molar-refractivity contribution in [1.82, 2.24) is 9.62 Å². The van der Waals surface area contributed by atoms with Gasteiger partial charge in [-0.1, -0.05) is 6.07 Å². The molecule has 0 saturated carbocycles. The van der Waals surface area contributed by atoms with Crippen molar-refractivity contribution in [3.8, 4) is 0 Å². The molecule has 0 spiro atoms. The Morgan fingerprint density at radius 2 is 2.05 bits per heavy atom. The van der Waals surface area contributed by atoms with Gasteiger partial charge >= 0.3 is 5.97 Å². The molecule has 7 nitrogen and oxygen atoms in total. The minimum absolute atomic E-state index is 0.0586. The van der Waals surface area contributed by atoms with Crippen LogP contribution in [0.4, 0.5) is 0 Å². The molecule has 0 aliphatic carbocycles. The summed E-state index contributed by atoms with van der Waals surface area (Å²) >= 11 is 0. The van der Waals surface area contributed by atoms with E-state index < -0.39 is 22.0 Å². The van der Waals surface area contributed by atoms with Crippen LogP contribution in [0, 0.1) is 6.92 Å². The van der Waals surface area contributed by atoms with Gasteiger partial charge < -0.3 is 10.4 Å². The van der Waals surface area contributed by atoms with Crippen LogP contribution in [0.2, 0.25) is 0 Å². The number of carbonyl (C=O) groups is 2. The minimum Gasteiger partial charge on any atom is -0.478 e. The lowest BCUT2D eigenvalue weighted by atomic mass is 10.1. The topological polar surface area (TPSA) is 104 Å². The largest absolute Gasteiger partial charge is 0.478 e. The number of hydrogen-bond acceptors (Lipinski definition) is 4. The van der Waals surface area contributed by atoms with Gasteiger partial charge in [0, 0.05) is 13.6 Å². The highest BCUT2D eigenvalue weighted by atomic mass is 32.2. The van der Waals surface area contributed by atoms with E-state index in [1.165, 1.54) is 19.2 Å². The number of rotatable bonds is 4. The van der Waals surface area contributed by atoms with Gasteiger partial charge in [0.1, 0.15) is 6.04 Å². The number of aromatic carboxylic acids is 1. The van der Waals surface area contributed by atoms with Crippen molar-refractivity contribution in [3.63, 3.8) is 0 Å². The number of aryl methyl sites for hydroxylation is 1. The van der Waals surface area contributed by atoms with Gasteiger partial charge in [0.2, 0.25) is 15.9 Å². The molecule has 0 radical (unpaired) electrons. The van der Waals surface area contributed by atoms with E-state index in [1.807, 2.05) is 0 Å². The van der Waals surface area contributed by atoms with Gasteiger partial charge in [0.15, 0.2) is 0 Å². The summed E-state index contributed by atoms with van der Waals surface area (Å²) in [4.78, 5) is 22.9. The molecule has 0 bridgehead atoms. The zero-order chi connectivity index (χ0) is 16.5. The summed E-state index contributed by atoms with van der Waals surface area (Å²) in [5.74, 6) is -1.54. The predicted octanol–water partition coefficient (Wildman–Crippen LogP) is 0.592. The van der Waals surface area contributed by atoms with Crippen molar-refractivity contribution < 1.29 is 23.1 Å². The zero-order valence-corrected chi connectivity index (χ0v) is 13.2. The van der Waals surface area contributed by atoms with E-state index in [9.17, 15) is 18.0 Å². The standard InChI is InChI=1S/C14H18N2O5S/c1-9-5-6-10(8-11(9)14(18)19)22(20,21)16-7-3-4-12(16)13(17)15-2/h5-6,8,12H,3-4,7H2,1-2H3,(H,15,17)(H,18,19). The van der Waals surface area contributed by atoms with Gasteiger partial charge in [-0.15, -0.1) is 0 Å². The molecule has 1 aromatic carbocycles. The van der Waals surface area contributed by atoms with E-state index in [2.05, 4.69) is 5.32 Å². The highest BCUT2D eigenvalue weighted by molar-refractivity contribution is 7.89. The number of carbonyl (C=O) groups excluding carboxylic acids is 1. The third-order valence-corrected chi connectivity index (χ3v) is 5.70. The smallest absolute Gasteiger partial charge is 0.335 e. The molecular weight excluding hydrogens is 308 g/mol. The number of benzene rings is 1. The van der Waals surface area contributed by atoms with Crippen molar-refractivity contribution >= 4 is 21.9 Å². The van der Waals surface area contributed by atoms with Crippen LogP contribution >= 0.6 is 0 Å². The number of likely N-dealkylation sites (N-methyl/N-ethyl adjacent to an activating group) is 1. The van der Waals surface area contributed by atoms with E-state index in [0.717, 1.165) is 10.4 Å². The quantitative estimate of drug-likeness (QED) is 0.843. The molecule has 1 heterocycles. The van der Waals surface area contributed by atoms with Crippen molar-refractivity contribution in [2.24, 2.45) is 0 Å². The molecule has 1 fully saturated rings. The second kappa shape index (κ2) is 6.05. The van der Waals surface area contributed by atoms with Crippen LogP contribution < -0.4 is 5.32 Å². The number of sulfonamides is 1. The van der Waals surface area contributed by atoms with E-state index in [0.29, 0.717) is 18.4 Å². The van der Waals surface area contributed by atoms with Gasteiger partial charge in [-0.2, -0.15) is 4.31 Å². The SMILES string of the molecule is CNC(=O)C1CCCN1S(=O)(=O)c1ccc(C)c(C(=O)O)c1. The second-order valence-electron chi connectivity index (χ2n) is 5.17. The predicted molar refractivity (Wildman–Crippen MR) is 79.1 cm³/mol. The third kappa shape index (κ3) is 2.84. The van der Waals surface area contributed by atoms with Gasteiger partial charge in [-0.25, -0.2) is 13.2 Å². The van der Waals surface area contributed by atoms with Crippen molar-refractivity contribution in [2.45, 2.75) is 30.7 Å². The van der Waals surface area contributed by atoms with E-state index in [1.54, 1.807) is 6.92 Å². The second-order valence-corrected chi connectivity index (χ2v) is 7.06. The molecule has 120 valence electrons. The number of carboxylic acids is 1. The first-order valence-electron chi connectivity index (χ1n) is 6.86. The maximum atomic E-state index is 12.7. The first-order valence-corrected chi connectivity index (χ1v) is 8.30. The van der Waals surface area contributed by atoms with Crippen LogP contribution in [0.5, 0.6) is 0 Å². The summed E-state index contributed by atoms with van der Waals surface area (Å²) in [6.45, 7) is 1.85. The number of nitrogens with zero attached hydrogens (tertiary/aromatic N) is 1. The lowest BCUT2D eigenvalue weighted by Gasteiger charge is -2.23. The highest BCUT2D eigenvalue weighted by Gasteiger charge is 2.39. The molecule has 22 heavy (non-hydrogen) atoms. The average Bonchev–Trinajstić information content (AvgIpc) is 2.96. The fraction of sp³-hybridized carbons (Fsp3) is 0.429. The van der Waals surface area contributed by atoms with Crippen LogP contribution in [0.1, 0.15) is 28.8 Å². The van der Waals surface area contributed by atoms with Crippen LogP contribution in [0.15, 0.2) is 23.1 Å². The number of hydrogen-bond donors (Lipinski definition) is 2. The summed E-state index contributed by atoms with van der Waals surface area (Å²) < 4.78 is 26.5. The first kappa shape index (κ1) is 16.4. The van der Waals surface area contributed by atoms with Crippen molar-refractivity contribution in [3.05, 3.63) is 29.3 Å². The lowest BCUT2D eigenvalue weighted by Crippen LogP contribution is -2.44. The Kier molecular flexibility index (Phi) is 4.52. The number of nitrogens with one attached hydrogen (secondary N) is 1. The zero-order valence-electron chi connectivity index (χ0n) is 12.4. The van der Waals surface area contributed by atoms with Crippen LogP contribution in [-0.4, -0.2) is 49.3 Å². The van der Waals surface area contributed by atoms with Crippen molar-refractivity contribution in [2.75, 3.05) is 13.6 Å². The molecule has 2 N–H and O–H groups in total. The monoisotopic (exact) mass is 326 g/mol. The molecule has 2 rings (SSSR count). The third-order valence-electron chi connectivity index (χ3n) is 3.80. The Morgan fingerprint density at radius 1 is 1.36 bits per heavy atom. The van der Waals surface area contributed by atoms with Gasteiger partial charge in [-0.05, 0) is 37.5 Å². The molecule has 1 aliphatic rings. The lowest BCUT2D eigenvalue weighted by molar-refractivity contribution is -0.123. The maximum absolute atomic E-state index is 12.7. The Hall–Kier alpha value is -1.93. The molecule has 1 aliphatic heterocycles. The van der Waals surface area contributed by atoms with E-state index in [-0.39, 0.29) is 22.9 Å². The van der Waals surface area contributed by atoms with Gasteiger partial charge in [0.05, 0.1) is 10.5 Å². The van der Waals surface area contributed by atoms with Crippen LogP contribution in [0.3, 0.4) is 0 Å². The van der Waals surface area contributed by atoms with E-state index in [4.69, 9.17) is 5.11 Å². The molecule has 8 heteroatoms.